The van der Waals surface area contributed by atoms with Gasteiger partial charge >= 0.3 is 12.1 Å². The highest BCUT2D eigenvalue weighted by Gasteiger charge is 2.33. The summed E-state index contributed by atoms with van der Waals surface area (Å²) in [4.78, 5) is 16.1. The van der Waals surface area contributed by atoms with Crippen LogP contribution in [0.25, 0.3) is 0 Å². The Morgan fingerprint density at radius 2 is 1.83 bits per heavy atom. The van der Waals surface area contributed by atoms with E-state index >= 15 is 0 Å². The van der Waals surface area contributed by atoms with Crippen LogP contribution in [0.2, 0.25) is 0 Å². The first-order chi connectivity index (χ1) is 17.2. The number of hydrogen-bond donors (Lipinski definition) is 1. The molecule has 0 spiro atoms. The lowest BCUT2D eigenvalue weighted by Crippen LogP contribution is -2.08. The van der Waals surface area contributed by atoms with Gasteiger partial charge in [0.2, 0.25) is 0 Å². The number of rotatable bonds is 7. The predicted octanol–water partition coefficient (Wildman–Crippen LogP) is 5.27. The van der Waals surface area contributed by atoms with Gasteiger partial charge in [0.15, 0.2) is 0 Å². The molecule has 1 aromatic heterocycles. The van der Waals surface area contributed by atoms with E-state index in [0.29, 0.717) is 46.9 Å². The third kappa shape index (κ3) is 7.00. The Labute approximate surface area is 205 Å². The molecular formula is C27H21F3N2O4. The van der Waals surface area contributed by atoms with Crippen molar-refractivity contribution in [1.82, 2.24) is 4.98 Å². The smallest absolute Gasteiger partial charge is 0.417 e. The van der Waals surface area contributed by atoms with Gasteiger partial charge in [0.05, 0.1) is 36.1 Å². The largest absolute Gasteiger partial charge is 0.508 e. The second-order valence-corrected chi connectivity index (χ2v) is 7.54. The number of carbonyl (C=O) groups is 1. The van der Waals surface area contributed by atoms with Gasteiger partial charge in [-0.25, -0.2) is 4.79 Å². The minimum absolute atomic E-state index is 0.195. The number of carbonyl (C=O) groups excluding carboxylic acids is 1. The number of aromatic hydroxyl groups is 1. The van der Waals surface area contributed by atoms with Crippen LogP contribution in [0.3, 0.4) is 0 Å². The van der Waals surface area contributed by atoms with E-state index in [9.17, 15) is 23.1 Å². The third-order valence-corrected chi connectivity index (χ3v) is 4.96. The predicted molar refractivity (Wildman–Crippen MR) is 124 cm³/mol. The summed E-state index contributed by atoms with van der Waals surface area (Å²) in [7, 11) is 0. The number of aromatic nitrogens is 1. The number of halogens is 3. The Morgan fingerprint density at radius 3 is 2.56 bits per heavy atom. The van der Waals surface area contributed by atoms with Gasteiger partial charge in [-0.3, -0.25) is 4.98 Å². The van der Waals surface area contributed by atoms with Crippen molar-refractivity contribution in [2.45, 2.75) is 25.9 Å². The molecule has 184 valence electrons. The van der Waals surface area contributed by atoms with Crippen LogP contribution in [0.5, 0.6) is 11.5 Å². The first-order valence-corrected chi connectivity index (χ1v) is 10.9. The van der Waals surface area contributed by atoms with Crippen LogP contribution in [0.1, 0.15) is 51.5 Å². The summed E-state index contributed by atoms with van der Waals surface area (Å²) in [6.07, 6.45) is -0.893. The lowest BCUT2D eigenvalue weighted by molar-refractivity contribution is -0.137. The molecule has 36 heavy (non-hydrogen) atoms. The van der Waals surface area contributed by atoms with Crippen LogP contribution in [-0.2, 0) is 17.3 Å². The molecule has 0 bridgehead atoms. The number of nitrogens with zero attached hydrogens (tertiary/aromatic N) is 2. The van der Waals surface area contributed by atoms with Gasteiger partial charge < -0.3 is 14.6 Å². The maximum atomic E-state index is 13.4. The fourth-order valence-electron chi connectivity index (χ4n) is 3.29. The fraction of sp³-hybridized carbons (Fsp3) is 0.222. The lowest BCUT2D eigenvalue weighted by atomic mass is 9.99. The van der Waals surface area contributed by atoms with E-state index in [0.717, 1.165) is 12.1 Å². The van der Waals surface area contributed by atoms with Gasteiger partial charge in [-0.15, -0.1) is 0 Å². The average molecular weight is 494 g/mol. The van der Waals surface area contributed by atoms with Crippen molar-refractivity contribution in [3.8, 4) is 29.4 Å². The van der Waals surface area contributed by atoms with Gasteiger partial charge in [0.25, 0.3) is 0 Å². The first kappa shape index (κ1) is 26.1. The molecule has 1 N–H and O–H groups in total. The number of pyridine rings is 1. The molecular weight excluding hydrogens is 473 g/mol. The van der Waals surface area contributed by atoms with Crippen molar-refractivity contribution in [3.63, 3.8) is 0 Å². The van der Waals surface area contributed by atoms with Gasteiger partial charge in [0.1, 0.15) is 17.6 Å². The number of nitriles is 1. The average Bonchev–Trinajstić information content (AvgIpc) is 2.86. The van der Waals surface area contributed by atoms with Crippen molar-refractivity contribution in [3.05, 3.63) is 88.2 Å². The van der Waals surface area contributed by atoms with Crippen molar-refractivity contribution in [2.75, 3.05) is 13.2 Å². The summed E-state index contributed by atoms with van der Waals surface area (Å²) in [5.74, 6) is 4.70. The van der Waals surface area contributed by atoms with Crippen molar-refractivity contribution >= 4 is 5.97 Å². The van der Waals surface area contributed by atoms with E-state index in [1.165, 1.54) is 18.5 Å². The van der Waals surface area contributed by atoms with Crippen LogP contribution in [0.4, 0.5) is 13.2 Å². The molecule has 6 nitrogen and oxygen atoms in total. The van der Waals surface area contributed by atoms with E-state index < -0.39 is 23.5 Å². The van der Waals surface area contributed by atoms with Crippen molar-refractivity contribution in [1.29, 1.82) is 5.26 Å². The normalized spacial score (nSPS) is 10.6. The van der Waals surface area contributed by atoms with Gasteiger partial charge in [-0.05, 0) is 61.7 Å². The van der Waals surface area contributed by atoms with Crippen LogP contribution >= 0.6 is 0 Å². The van der Waals surface area contributed by atoms with Crippen molar-refractivity contribution < 1.29 is 32.5 Å². The maximum Gasteiger partial charge on any atom is 0.417 e. The lowest BCUT2D eigenvalue weighted by Gasteiger charge is -2.10. The van der Waals surface area contributed by atoms with Crippen LogP contribution in [0.15, 0.2) is 54.9 Å². The van der Waals surface area contributed by atoms with Gasteiger partial charge in [-0.2, -0.15) is 18.4 Å². The fourth-order valence-corrected chi connectivity index (χ4v) is 3.29. The first-order valence-electron chi connectivity index (χ1n) is 10.9. The Hall–Kier alpha value is -4.50. The second kappa shape index (κ2) is 11.8. The van der Waals surface area contributed by atoms with E-state index in [4.69, 9.17) is 14.7 Å². The quantitative estimate of drug-likeness (QED) is 0.274. The summed E-state index contributed by atoms with van der Waals surface area (Å²) < 4.78 is 50.8. The highest BCUT2D eigenvalue weighted by atomic mass is 19.4. The summed E-state index contributed by atoms with van der Waals surface area (Å²) in [5, 5.41) is 18.4. The van der Waals surface area contributed by atoms with Crippen LogP contribution in [0, 0.1) is 23.2 Å². The number of alkyl halides is 3. The zero-order valence-corrected chi connectivity index (χ0v) is 19.2. The number of hydrogen-bond acceptors (Lipinski definition) is 6. The number of aryl methyl sites for hydroxylation is 1. The monoisotopic (exact) mass is 494 g/mol. The number of benzene rings is 2. The summed E-state index contributed by atoms with van der Waals surface area (Å²) in [6, 6.07) is 11.1. The summed E-state index contributed by atoms with van der Waals surface area (Å²) in [5.41, 5.74) is 0.407. The van der Waals surface area contributed by atoms with E-state index in [1.54, 1.807) is 25.1 Å². The number of ether oxygens (including phenoxy) is 2. The zero-order chi connectivity index (χ0) is 26.1. The molecule has 0 aliphatic rings. The molecule has 3 aromatic rings. The Balaban J connectivity index is 1.85. The van der Waals surface area contributed by atoms with E-state index in [2.05, 4.69) is 16.8 Å². The maximum absolute atomic E-state index is 13.4. The Kier molecular flexibility index (Phi) is 8.53. The molecule has 0 aliphatic heterocycles. The second-order valence-electron chi connectivity index (χ2n) is 7.54. The number of esters is 1. The molecule has 2 aromatic carbocycles. The summed E-state index contributed by atoms with van der Waals surface area (Å²) in [6.45, 7) is 2.14. The highest BCUT2D eigenvalue weighted by molar-refractivity contribution is 5.89. The molecule has 0 amide bonds. The molecule has 0 aliphatic carbocycles. The summed E-state index contributed by atoms with van der Waals surface area (Å²) >= 11 is 0. The molecule has 1 heterocycles. The minimum atomic E-state index is -4.69. The third-order valence-electron chi connectivity index (χ3n) is 4.96. The molecule has 0 atom stereocenters. The zero-order valence-electron chi connectivity index (χ0n) is 19.2. The SMILES string of the molecule is CCOC(=O)c1ccc(C#Cc2ccc(O)cc2C(F)(F)F)c(CCCOc2cncc(C#N)c2)c1. The van der Waals surface area contributed by atoms with Crippen LogP contribution in [-0.4, -0.2) is 29.3 Å². The minimum Gasteiger partial charge on any atom is -0.508 e. The standard InChI is InChI=1S/C27H21F3N2O4/c1-2-35-26(34)22-8-6-19(5-7-20-9-10-23(33)14-25(20)27(28,29)30)21(13-22)4-3-11-36-24-12-18(15-31)16-32-17-24/h6,8-10,12-14,16-17,33H,2-4,11H2,1H3. The Morgan fingerprint density at radius 1 is 1.08 bits per heavy atom. The molecule has 9 heteroatoms. The number of phenolic OH excluding ortho intramolecular Hbond substituents is 1. The van der Waals surface area contributed by atoms with Gasteiger partial charge in [0, 0.05) is 23.4 Å². The molecule has 0 saturated heterocycles. The molecule has 0 saturated carbocycles. The molecule has 0 fully saturated rings. The number of phenols is 1. The van der Waals surface area contributed by atoms with Crippen LogP contribution < -0.4 is 4.74 Å². The molecule has 0 unspecified atom stereocenters. The Bertz CT molecular complexity index is 1350. The topological polar surface area (TPSA) is 92.4 Å². The molecule has 3 rings (SSSR count). The van der Waals surface area contributed by atoms with E-state index in [-0.39, 0.29) is 18.8 Å². The van der Waals surface area contributed by atoms with E-state index in [1.807, 2.05) is 6.07 Å². The molecule has 0 radical (unpaired) electrons. The van der Waals surface area contributed by atoms with Crippen molar-refractivity contribution in [2.24, 2.45) is 0 Å². The highest BCUT2D eigenvalue weighted by Crippen LogP contribution is 2.33. The van der Waals surface area contributed by atoms with Gasteiger partial charge in [-0.1, -0.05) is 11.8 Å².